The summed E-state index contributed by atoms with van der Waals surface area (Å²) >= 11 is 5.68. The highest BCUT2D eigenvalue weighted by Crippen LogP contribution is 2.45. The Morgan fingerprint density at radius 1 is 1.18 bits per heavy atom. The van der Waals surface area contributed by atoms with Crippen LogP contribution in [0.2, 0.25) is 5.02 Å². The summed E-state index contributed by atoms with van der Waals surface area (Å²) in [7, 11) is 0. The number of amides is 1. The molecule has 5 rings (SSSR count). The maximum atomic E-state index is 14.2. The van der Waals surface area contributed by atoms with Crippen molar-refractivity contribution in [1.82, 2.24) is 19.5 Å². The zero-order valence-corrected chi connectivity index (χ0v) is 19.6. The van der Waals surface area contributed by atoms with Crippen LogP contribution in [0.4, 0.5) is 14.6 Å². The lowest BCUT2D eigenvalue weighted by Gasteiger charge is -2.29. The molecule has 2 fully saturated rings. The molecule has 1 aromatic carbocycles. The predicted molar refractivity (Wildman–Crippen MR) is 124 cm³/mol. The lowest BCUT2D eigenvalue weighted by molar-refractivity contribution is 0.0769. The van der Waals surface area contributed by atoms with Gasteiger partial charge < -0.3 is 9.80 Å². The molecular formula is C24H26ClF2N5O. The Hall–Kier alpha value is -2.74. The Labute approximate surface area is 196 Å². The fourth-order valence-electron chi connectivity index (χ4n) is 4.72. The molecule has 2 aromatic heterocycles. The van der Waals surface area contributed by atoms with Crippen molar-refractivity contribution in [1.29, 1.82) is 0 Å². The molecule has 6 nitrogen and oxygen atoms in total. The van der Waals surface area contributed by atoms with Crippen molar-refractivity contribution < 1.29 is 13.6 Å². The first-order chi connectivity index (χ1) is 15.8. The number of fused-ring (bicyclic) bond motifs is 2. The fourth-order valence-corrected chi connectivity index (χ4v) is 4.83. The Morgan fingerprint density at radius 2 is 1.85 bits per heavy atom. The summed E-state index contributed by atoms with van der Waals surface area (Å²) in [5.74, 6) is 0.174. The maximum Gasteiger partial charge on any atom is 0.274 e. The number of carbonyl (C=O) groups excluding carboxylic acids is 1. The van der Waals surface area contributed by atoms with Crippen molar-refractivity contribution in [2.45, 2.75) is 39.7 Å². The summed E-state index contributed by atoms with van der Waals surface area (Å²) in [4.78, 5) is 21.7. The molecule has 1 aliphatic heterocycles. The van der Waals surface area contributed by atoms with E-state index in [0.29, 0.717) is 34.7 Å². The van der Waals surface area contributed by atoms with Gasteiger partial charge in [-0.3, -0.25) is 4.79 Å². The Morgan fingerprint density at radius 3 is 2.45 bits per heavy atom. The van der Waals surface area contributed by atoms with Gasteiger partial charge in [-0.1, -0.05) is 18.5 Å². The van der Waals surface area contributed by atoms with E-state index < -0.39 is 16.7 Å². The maximum absolute atomic E-state index is 14.2. The van der Waals surface area contributed by atoms with Crippen LogP contribution in [0, 0.1) is 23.5 Å². The molecule has 1 saturated heterocycles. The van der Waals surface area contributed by atoms with Gasteiger partial charge in [0.25, 0.3) is 5.91 Å². The Balaban J connectivity index is 1.63. The van der Waals surface area contributed by atoms with E-state index in [1.54, 1.807) is 16.6 Å². The van der Waals surface area contributed by atoms with E-state index >= 15 is 0 Å². The molecule has 1 amide bonds. The van der Waals surface area contributed by atoms with Crippen LogP contribution in [0.1, 0.15) is 44.1 Å². The number of likely N-dealkylation sites (tertiary alicyclic amines) is 1. The van der Waals surface area contributed by atoms with Gasteiger partial charge in [0.2, 0.25) is 0 Å². The Kier molecular flexibility index (Phi) is 5.51. The van der Waals surface area contributed by atoms with Gasteiger partial charge in [-0.05, 0) is 50.7 Å². The van der Waals surface area contributed by atoms with Gasteiger partial charge in [0.15, 0.2) is 11.3 Å². The van der Waals surface area contributed by atoms with E-state index in [4.69, 9.17) is 11.6 Å². The first kappa shape index (κ1) is 22.1. The van der Waals surface area contributed by atoms with E-state index in [1.807, 2.05) is 4.90 Å². The number of aromatic nitrogens is 3. The zero-order valence-electron chi connectivity index (χ0n) is 18.9. The van der Waals surface area contributed by atoms with E-state index in [1.165, 1.54) is 18.6 Å². The number of hydrogen-bond acceptors (Lipinski definition) is 4. The first-order valence-electron chi connectivity index (χ1n) is 11.4. The normalized spacial score (nSPS) is 19.4. The van der Waals surface area contributed by atoms with Crippen LogP contribution >= 0.6 is 11.6 Å². The Bertz CT molecular complexity index is 1210. The minimum absolute atomic E-state index is 0.102. The minimum Gasteiger partial charge on any atom is -0.354 e. The molecule has 174 valence electrons. The molecule has 3 aromatic rings. The largest absolute Gasteiger partial charge is 0.354 e. The number of anilines is 1. The topological polar surface area (TPSA) is 53.7 Å². The third-order valence-corrected chi connectivity index (χ3v) is 6.92. The van der Waals surface area contributed by atoms with Crippen molar-refractivity contribution in [2.75, 3.05) is 24.5 Å². The summed E-state index contributed by atoms with van der Waals surface area (Å²) in [6, 6.07) is 5.90. The molecule has 2 aliphatic rings. The summed E-state index contributed by atoms with van der Waals surface area (Å²) in [6.45, 7) is 8.51. The van der Waals surface area contributed by atoms with Crippen LogP contribution in [0.25, 0.3) is 16.9 Å². The van der Waals surface area contributed by atoms with Gasteiger partial charge >= 0.3 is 0 Å². The highest BCUT2D eigenvalue weighted by molar-refractivity contribution is 6.31. The first-order valence-corrected chi connectivity index (χ1v) is 11.8. The second-order valence-corrected chi connectivity index (χ2v) is 9.68. The van der Waals surface area contributed by atoms with Crippen molar-refractivity contribution in [3.8, 4) is 11.3 Å². The minimum atomic E-state index is -0.846. The quantitative estimate of drug-likeness (QED) is 0.470. The molecule has 0 spiro atoms. The van der Waals surface area contributed by atoms with Crippen molar-refractivity contribution in [3.05, 3.63) is 46.6 Å². The van der Waals surface area contributed by atoms with E-state index in [9.17, 15) is 13.6 Å². The number of carbonyl (C=O) groups is 1. The predicted octanol–water partition coefficient (Wildman–Crippen LogP) is 5.04. The van der Waals surface area contributed by atoms with Gasteiger partial charge in [-0.25, -0.2) is 13.8 Å². The van der Waals surface area contributed by atoms with Crippen molar-refractivity contribution in [2.24, 2.45) is 11.8 Å². The van der Waals surface area contributed by atoms with Gasteiger partial charge in [-0.15, -0.1) is 0 Å². The summed E-state index contributed by atoms with van der Waals surface area (Å²) in [6.07, 6.45) is 2.10. The highest BCUT2D eigenvalue weighted by atomic mass is 35.5. The van der Waals surface area contributed by atoms with Crippen LogP contribution in [-0.4, -0.2) is 51.1 Å². The molecule has 2 atom stereocenters. The SMILES string of the molecule is CCCN(c1cc(-c2cc(F)c(Cl)c(F)c2)nc2cc(C(=O)N3CC4C[C@H]4C3)nn12)C(C)C. The van der Waals surface area contributed by atoms with E-state index in [0.717, 1.165) is 26.1 Å². The van der Waals surface area contributed by atoms with Crippen LogP contribution in [0.15, 0.2) is 24.3 Å². The number of nitrogens with zero attached hydrogens (tertiary/aromatic N) is 5. The van der Waals surface area contributed by atoms with E-state index in [-0.39, 0.29) is 17.5 Å². The molecule has 3 heterocycles. The summed E-state index contributed by atoms with van der Waals surface area (Å²) < 4.78 is 30.0. The molecule has 1 aliphatic carbocycles. The fraction of sp³-hybridized carbons (Fsp3) is 0.458. The molecule has 1 saturated carbocycles. The molecule has 0 N–H and O–H groups in total. The lowest BCUT2D eigenvalue weighted by Crippen LogP contribution is -2.33. The smallest absolute Gasteiger partial charge is 0.274 e. The van der Waals surface area contributed by atoms with Gasteiger partial charge in [0.05, 0.1) is 5.69 Å². The number of piperidine rings is 1. The monoisotopic (exact) mass is 473 g/mol. The number of benzene rings is 1. The molecule has 9 heteroatoms. The zero-order chi connectivity index (χ0) is 23.4. The second-order valence-electron chi connectivity index (χ2n) is 9.31. The van der Waals surface area contributed by atoms with Crippen LogP contribution in [0.5, 0.6) is 0 Å². The van der Waals surface area contributed by atoms with Gasteiger partial charge in [0.1, 0.15) is 22.5 Å². The highest BCUT2D eigenvalue weighted by Gasteiger charge is 2.47. The summed E-state index contributed by atoms with van der Waals surface area (Å²) in [5, 5.41) is 4.07. The third kappa shape index (κ3) is 3.94. The van der Waals surface area contributed by atoms with Crippen LogP contribution in [-0.2, 0) is 0 Å². The molecule has 33 heavy (non-hydrogen) atoms. The molecule has 1 unspecified atom stereocenters. The van der Waals surface area contributed by atoms with Crippen LogP contribution in [0.3, 0.4) is 0 Å². The average Bonchev–Trinajstić information content (AvgIpc) is 3.19. The molecule has 0 radical (unpaired) electrons. The molecular weight excluding hydrogens is 448 g/mol. The van der Waals surface area contributed by atoms with E-state index in [2.05, 4.69) is 35.8 Å². The van der Waals surface area contributed by atoms with Crippen molar-refractivity contribution >= 4 is 29.0 Å². The second kappa shape index (κ2) is 8.24. The third-order valence-electron chi connectivity index (χ3n) is 6.56. The molecule has 0 bridgehead atoms. The number of rotatable bonds is 6. The van der Waals surface area contributed by atoms with Gasteiger partial charge in [0, 0.05) is 43.4 Å². The van der Waals surface area contributed by atoms with Crippen LogP contribution < -0.4 is 4.90 Å². The average molecular weight is 474 g/mol. The van der Waals surface area contributed by atoms with Crippen molar-refractivity contribution in [3.63, 3.8) is 0 Å². The van der Waals surface area contributed by atoms with Gasteiger partial charge in [-0.2, -0.15) is 9.61 Å². The lowest BCUT2D eigenvalue weighted by atomic mass is 10.1. The number of hydrogen-bond donors (Lipinski definition) is 0. The standard InChI is InChI=1S/C24H26ClF2N5O/c1-4-5-31(13(2)3)22-10-19(14-7-17(26)23(25)18(27)8-14)28-21-9-20(29-32(21)22)24(33)30-11-15-6-16(15)12-30/h7-10,13,15-16H,4-6,11-12H2,1-3H3/t15-,16?/m0/s1. The summed E-state index contributed by atoms with van der Waals surface area (Å²) in [5.41, 5.74) is 1.44. The number of halogens is 3.